The molecule has 1 aliphatic rings. The Morgan fingerprint density at radius 1 is 1.28 bits per heavy atom. The van der Waals surface area contributed by atoms with Gasteiger partial charge in [-0.2, -0.15) is 0 Å². The highest BCUT2D eigenvalue weighted by molar-refractivity contribution is 5.34. The van der Waals surface area contributed by atoms with Gasteiger partial charge in [0.05, 0.1) is 0 Å². The molecule has 0 spiro atoms. The molecule has 0 radical (unpaired) electrons. The van der Waals surface area contributed by atoms with E-state index in [2.05, 4.69) is 12.2 Å². The number of halogens is 1. The van der Waals surface area contributed by atoms with E-state index in [0.717, 1.165) is 0 Å². The van der Waals surface area contributed by atoms with E-state index in [9.17, 15) is 9.50 Å². The average Bonchev–Trinajstić information content (AvgIpc) is 2.85. The van der Waals surface area contributed by atoms with Gasteiger partial charge in [0, 0.05) is 17.6 Å². The molecule has 1 fully saturated rings. The fraction of sp³-hybridized carbons (Fsp3) is 0.600. The summed E-state index contributed by atoms with van der Waals surface area (Å²) in [5.41, 5.74) is 0.639. The number of rotatable bonds is 4. The standard InChI is InChI=1S/C15H22FNO/c1-10(12-5-3-4-6-12)17-11(2)14-9-13(16)7-8-15(14)18/h7-12,17-18H,3-6H2,1-2H3/t10-,11?/m1/s1. The zero-order chi connectivity index (χ0) is 13.1. The highest BCUT2D eigenvalue weighted by atomic mass is 19.1. The summed E-state index contributed by atoms with van der Waals surface area (Å²) in [5.74, 6) is 0.572. The molecule has 2 nitrogen and oxygen atoms in total. The number of hydrogen-bond acceptors (Lipinski definition) is 2. The molecule has 1 unspecified atom stereocenters. The van der Waals surface area contributed by atoms with Crippen molar-refractivity contribution >= 4 is 0 Å². The highest BCUT2D eigenvalue weighted by Crippen LogP contribution is 2.30. The van der Waals surface area contributed by atoms with Crippen LogP contribution in [0.2, 0.25) is 0 Å². The Bertz CT molecular complexity index is 401. The first-order valence-electron chi connectivity index (χ1n) is 6.82. The Morgan fingerprint density at radius 2 is 1.94 bits per heavy atom. The molecule has 1 aromatic carbocycles. The summed E-state index contributed by atoms with van der Waals surface area (Å²) in [5, 5.41) is 13.3. The van der Waals surface area contributed by atoms with Gasteiger partial charge in [0.1, 0.15) is 11.6 Å². The Morgan fingerprint density at radius 3 is 2.61 bits per heavy atom. The minimum absolute atomic E-state index is 0.0312. The summed E-state index contributed by atoms with van der Waals surface area (Å²) in [6, 6.07) is 4.49. The maximum Gasteiger partial charge on any atom is 0.123 e. The molecule has 1 aliphatic carbocycles. The summed E-state index contributed by atoms with van der Waals surface area (Å²) in [6.45, 7) is 4.16. The van der Waals surface area contributed by atoms with Crippen LogP contribution in [-0.4, -0.2) is 11.1 Å². The average molecular weight is 251 g/mol. The molecule has 100 valence electrons. The molecule has 0 saturated heterocycles. The number of phenolic OH excluding ortho intramolecular Hbond substituents is 1. The third-order valence-corrected chi connectivity index (χ3v) is 4.08. The molecule has 0 bridgehead atoms. The van der Waals surface area contributed by atoms with Crippen LogP contribution in [0.5, 0.6) is 5.75 Å². The zero-order valence-electron chi connectivity index (χ0n) is 11.1. The largest absolute Gasteiger partial charge is 0.508 e. The summed E-state index contributed by atoms with van der Waals surface area (Å²) < 4.78 is 13.2. The summed E-state index contributed by atoms with van der Waals surface area (Å²) in [6.07, 6.45) is 5.18. The quantitative estimate of drug-likeness (QED) is 0.854. The van der Waals surface area contributed by atoms with Gasteiger partial charge in [-0.15, -0.1) is 0 Å². The first kappa shape index (κ1) is 13.3. The maximum absolute atomic E-state index is 13.2. The van der Waals surface area contributed by atoms with Crippen LogP contribution in [-0.2, 0) is 0 Å². The third kappa shape index (κ3) is 3.02. The van der Waals surface area contributed by atoms with Crippen LogP contribution in [0.4, 0.5) is 4.39 Å². The highest BCUT2D eigenvalue weighted by Gasteiger charge is 2.23. The predicted octanol–water partition coefficient (Wildman–Crippen LogP) is 3.76. The second kappa shape index (κ2) is 5.70. The van der Waals surface area contributed by atoms with Crippen LogP contribution in [0, 0.1) is 11.7 Å². The van der Waals surface area contributed by atoms with E-state index in [1.54, 1.807) is 0 Å². The normalized spacial score (nSPS) is 19.9. The van der Waals surface area contributed by atoms with E-state index in [0.29, 0.717) is 17.5 Å². The van der Waals surface area contributed by atoms with Crippen molar-refractivity contribution in [1.82, 2.24) is 5.32 Å². The molecule has 3 heteroatoms. The van der Waals surface area contributed by atoms with Gasteiger partial charge in [0.15, 0.2) is 0 Å². The van der Waals surface area contributed by atoms with Crippen molar-refractivity contribution in [2.45, 2.75) is 51.6 Å². The molecule has 2 N–H and O–H groups in total. The molecule has 18 heavy (non-hydrogen) atoms. The SMILES string of the molecule is CC(N[C@H](C)C1CCCC1)c1cc(F)ccc1O. The van der Waals surface area contributed by atoms with Crippen molar-refractivity contribution < 1.29 is 9.50 Å². The van der Waals surface area contributed by atoms with Crippen molar-refractivity contribution in [2.75, 3.05) is 0 Å². The molecular formula is C15H22FNO. The zero-order valence-corrected chi connectivity index (χ0v) is 11.1. The van der Waals surface area contributed by atoms with Crippen LogP contribution in [0.15, 0.2) is 18.2 Å². The first-order valence-corrected chi connectivity index (χ1v) is 6.82. The van der Waals surface area contributed by atoms with Gasteiger partial charge < -0.3 is 10.4 Å². The second-order valence-corrected chi connectivity index (χ2v) is 5.42. The lowest BCUT2D eigenvalue weighted by Crippen LogP contribution is -2.34. The van der Waals surface area contributed by atoms with Crippen molar-refractivity contribution in [1.29, 1.82) is 0 Å². The molecular weight excluding hydrogens is 229 g/mol. The minimum atomic E-state index is -0.301. The molecule has 0 aliphatic heterocycles. The number of hydrogen-bond donors (Lipinski definition) is 2. The van der Waals surface area contributed by atoms with Gasteiger partial charge in [0.2, 0.25) is 0 Å². The Hall–Kier alpha value is -1.09. The molecule has 2 rings (SSSR count). The van der Waals surface area contributed by atoms with Gasteiger partial charge in [-0.05, 0) is 50.8 Å². The van der Waals surface area contributed by atoms with Crippen LogP contribution in [0.25, 0.3) is 0 Å². The van der Waals surface area contributed by atoms with Crippen LogP contribution < -0.4 is 5.32 Å². The molecule has 2 atom stereocenters. The van der Waals surface area contributed by atoms with Gasteiger partial charge >= 0.3 is 0 Å². The van der Waals surface area contributed by atoms with Gasteiger partial charge in [-0.25, -0.2) is 4.39 Å². The molecule has 0 amide bonds. The van der Waals surface area contributed by atoms with Crippen molar-refractivity contribution in [3.05, 3.63) is 29.6 Å². The van der Waals surface area contributed by atoms with Crippen molar-refractivity contribution in [3.63, 3.8) is 0 Å². The summed E-state index contributed by atoms with van der Waals surface area (Å²) in [7, 11) is 0. The number of nitrogens with one attached hydrogen (secondary N) is 1. The van der Waals surface area contributed by atoms with Gasteiger partial charge in [0.25, 0.3) is 0 Å². The van der Waals surface area contributed by atoms with Crippen LogP contribution in [0.1, 0.15) is 51.1 Å². The lowest BCUT2D eigenvalue weighted by atomic mass is 9.97. The minimum Gasteiger partial charge on any atom is -0.508 e. The molecule has 1 saturated carbocycles. The monoisotopic (exact) mass is 251 g/mol. The summed E-state index contributed by atoms with van der Waals surface area (Å²) in [4.78, 5) is 0. The van der Waals surface area contributed by atoms with E-state index in [1.165, 1.54) is 43.9 Å². The Balaban J connectivity index is 2.02. The van der Waals surface area contributed by atoms with E-state index in [1.807, 2.05) is 6.92 Å². The Labute approximate surface area is 108 Å². The smallest absolute Gasteiger partial charge is 0.123 e. The fourth-order valence-electron chi connectivity index (χ4n) is 2.95. The van der Waals surface area contributed by atoms with Crippen molar-refractivity contribution in [3.8, 4) is 5.75 Å². The number of phenols is 1. The lowest BCUT2D eigenvalue weighted by molar-refractivity contribution is 0.346. The number of benzene rings is 1. The van der Waals surface area contributed by atoms with Crippen LogP contribution >= 0.6 is 0 Å². The maximum atomic E-state index is 13.2. The third-order valence-electron chi connectivity index (χ3n) is 4.08. The van der Waals surface area contributed by atoms with Gasteiger partial charge in [-0.1, -0.05) is 12.8 Å². The van der Waals surface area contributed by atoms with Crippen molar-refractivity contribution in [2.24, 2.45) is 5.92 Å². The fourth-order valence-corrected chi connectivity index (χ4v) is 2.95. The van der Waals surface area contributed by atoms with E-state index < -0.39 is 0 Å². The number of aromatic hydroxyl groups is 1. The topological polar surface area (TPSA) is 32.3 Å². The first-order chi connectivity index (χ1) is 8.58. The molecule has 1 aromatic rings. The molecule has 0 aromatic heterocycles. The molecule has 0 heterocycles. The van der Waals surface area contributed by atoms with E-state index in [-0.39, 0.29) is 17.6 Å². The predicted molar refractivity (Wildman–Crippen MR) is 71.0 cm³/mol. The van der Waals surface area contributed by atoms with E-state index in [4.69, 9.17) is 0 Å². The van der Waals surface area contributed by atoms with Crippen LogP contribution in [0.3, 0.4) is 0 Å². The summed E-state index contributed by atoms with van der Waals surface area (Å²) >= 11 is 0. The lowest BCUT2D eigenvalue weighted by Gasteiger charge is -2.25. The Kier molecular flexibility index (Phi) is 4.23. The van der Waals surface area contributed by atoms with Gasteiger partial charge in [-0.3, -0.25) is 0 Å². The van der Waals surface area contributed by atoms with E-state index >= 15 is 0 Å². The second-order valence-electron chi connectivity index (χ2n) is 5.42.